The summed E-state index contributed by atoms with van der Waals surface area (Å²) in [7, 11) is -1.51. The number of carbonyl (C=O) groups is 2. The first-order valence-electron chi connectivity index (χ1n) is 7.75. The minimum absolute atomic E-state index is 0.0482. The zero-order valence-corrected chi connectivity index (χ0v) is 16.0. The van der Waals surface area contributed by atoms with Crippen molar-refractivity contribution in [3.05, 3.63) is 41.0 Å². The molecule has 0 saturated carbocycles. The van der Waals surface area contributed by atoms with Gasteiger partial charge in [0.15, 0.2) is 0 Å². The van der Waals surface area contributed by atoms with Gasteiger partial charge >= 0.3 is 12.0 Å². The number of methoxy groups -OCH3 is 2. The predicted molar refractivity (Wildman–Crippen MR) is 98.1 cm³/mol. The van der Waals surface area contributed by atoms with E-state index in [2.05, 4.69) is 15.3 Å². The van der Waals surface area contributed by atoms with Gasteiger partial charge in [0.05, 0.1) is 31.6 Å². The van der Waals surface area contributed by atoms with Gasteiger partial charge in [-0.1, -0.05) is 18.2 Å². The molecule has 3 N–H and O–H groups in total. The van der Waals surface area contributed by atoms with Crippen LogP contribution in [0.1, 0.15) is 21.5 Å². The summed E-state index contributed by atoms with van der Waals surface area (Å²) in [6.07, 6.45) is 0. The van der Waals surface area contributed by atoms with Gasteiger partial charge in [0.2, 0.25) is 27.7 Å². The number of hydrogen-bond donors (Lipinski definition) is 3. The Kier molecular flexibility index (Phi) is 6.36. The third-order valence-electron chi connectivity index (χ3n) is 3.49. The lowest BCUT2D eigenvalue weighted by molar-refractivity contribution is 0.0695. The van der Waals surface area contributed by atoms with E-state index >= 15 is 0 Å². The second-order valence-corrected chi connectivity index (χ2v) is 7.23. The number of aromatic nitrogens is 2. The third kappa shape index (κ3) is 5.30. The number of amides is 2. The Morgan fingerprint density at radius 1 is 1.14 bits per heavy atom. The van der Waals surface area contributed by atoms with Gasteiger partial charge in [-0.15, -0.1) is 0 Å². The van der Waals surface area contributed by atoms with Gasteiger partial charge in [0.1, 0.15) is 0 Å². The Morgan fingerprint density at radius 2 is 1.75 bits per heavy atom. The maximum atomic E-state index is 12.3. The summed E-state index contributed by atoms with van der Waals surface area (Å²) in [4.78, 5) is 31.1. The summed E-state index contributed by atoms with van der Waals surface area (Å²) in [6, 6.07) is 4.69. The third-order valence-corrected chi connectivity index (χ3v) is 4.68. The van der Waals surface area contributed by atoms with E-state index in [-0.39, 0.29) is 28.8 Å². The minimum atomic E-state index is -4.20. The fourth-order valence-electron chi connectivity index (χ4n) is 2.33. The number of benzene rings is 1. The van der Waals surface area contributed by atoms with Crippen LogP contribution in [0.2, 0.25) is 0 Å². The molecule has 12 heteroatoms. The Labute approximate surface area is 160 Å². The Bertz CT molecular complexity index is 986. The van der Waals surface area contributed by atoms with Gasteiger partial charge in [-0.25, -0.2) is 22.7 Å². The lowest BCUT2D eigenvalue weighted by atomic mass is 10.0. The number of nitrogens with zero attached hydrogens (tertiary/aromatic N) is 2. The lowest BCUT2D eigenvalue weighted by Gasteiger charge is -2.11. The molecule has 150 valence electrons. The number of ether oxygens (including phenoxy) is 2. The molecule has 0 aliphatic heterocycles. The molecule has 28 heavy (non-hydrogen) atoms. The lowest BCUT2D eigenvalue weighted by Crippen LogP contribution is -2.36. The van der Waals surface area contributed by atoms with Crippen LogP contribution in [0.3, 0.4) is 0 Å². The Balaban J connectivity index is 2.16. The molecule has 0 fully saturated rings. The van der Waals surface area contributed by atoms with Crippen molar-refractivity contribution in [2.24, 2.45) is 0 Å². The van der Waals surface area contributed by atoms with Crippen LogP contribution in [0.15, 0.2) is 24.3 Å². The highest BCUT2D eigenvalue weighted by atomic mass is 32.2. The number of carboxylic acids is 1. The average molecular weight is 410 g/mol. The fourth-order valence-corrected chi connectivity index (χ4v) is 3.39. The van der Waals surface area contributed by atoms with Crippen LogP contribution in [-0.4, -0.2) is 49.7 Å². The molecular formula is C16H18N4O7S. The van der Waals surface area contributed by atoms with Crippen LogP contribution < -0.4 is 19.5 Å². The van der Waals surface area contributed by atoms with Crippen molar-refractivity contribution in [3.63, 3.8) is 0 Å². The predicted octanol–water partition coefficient (Wildman–Crippen LogP) is 1.15. The van der Waals surface area contributed by atoms with Crippen molar-refractivity contribution < 1.29 is 32.6 Å². The molecule has 1 aromatic heterocycles. The van der Waals surface area contributed by atoms with Crippen LogP contribution in [0.5, 0.6) is 11.8 Å². The van der Waals surface area contributed by atoms with E-state index in [4.69, 9.17) is 9.47 Å². The minimum Gasteiger partial charge on any atom is -0.481 e. The molecule has 0 radical (unpaired) electrons. The Morgan fingerprint density at radius 3 is 2.29 bits per heavy atom. The van der Waals surface area contributed by atoms with Gasteiger partial charge in [-0.3, -0.25) is 5.32 Å². The first-order valence-corrected chi connectivity index (χ1v) is 9.40. The molecule has 11 nitrogen and oxygen atoms in total. The maximum absolute atomic E-state index is 12.3. The summed E-state index contributed by atoms with van der Waals surface area (Å²) in [6.45, 7) is 1.55. The largest absolute Gasteiger partial charge is 0.481 e. The van der Waals surface area contributed by atoms with Crippen molar-refractivity contribution in [1.29, 1.82) is 0 Å². The monoisotopic (exact) mass is 410 g/mol. The normalized spacial score (nSPS) is 10.8. The van der Waals surface area contributed by atoms with Crippen LogP contribution >= 0.6 is 0 Å². The summed E-state index contributed by atoms with van der Waals surface area (Å²) < 4.78 is 36.2. The van der Waals surface area contributed by atoms with E-state index in [9.17, 15) is 23.1 Å². The molecule has 0 saturated heterocycles. The van der Waals surface area contributed by atoms with E-state index in [1.54, 1.807) is 17.7 Å². The molecule has 0 aliphatic rings. The van der Waals surface area contributed by atoms with Crippen molar-refractivity contribution in [1.82, 2.24) is 14.7 Å². The number of rotatable bonds is 7. The van der Waals surface area contributed by atoms with Crippen molar-refractivity contribution >= 4 is 28.0 Å². The number of anilines is 1. The van der Waals surface area contributed by atoms with Crippen molar-refractivity contribution in [3.8, 4) is 11.8 Å². The van der Waals surface area contributed by atoms with E-state index in [1.165, 1.54) is 32.4 Å². The zero-order chi connectivity index (χ0) is 20.9. The molecule has 0 atom stereocenters. The molecule has 0 bridgehead atoms. The van der Waals surface area contributed by atoms with Gasteiger partial charge in [-0.2, -0.15) is 9.97 Å². The number of hydrogen-bond acceptors (Lipinski definition) is 8. The molecule has 1 heterocycles. The first-order chi connectivity index (χ1) is 13.1. The van der Waals surface area contributed by atoms with Crippen LogP contribution in [0, 0.1) is 6.92 Å². The zero-order valence-electron chi connectivity index (χ0n) is 15.2. The summed E-state index contributed by atoms with van der Waals surface area (Å²) in [5.41, 5.74) is 0.322. The topological polar surface area (TPSA) is 157 Å². The molecule has 0 unspecified atom stereocenters. The van der Waals surface area contributed by atoms with Gasteiger partial charge in [-0.05, 0) is 18.1 Å². The SMILES string of the molecule is COc1cc(OC)nc(NC(=O)NS(=O)(=O)Cc2cccc(C)c2C(=O)O)n1. The van der Waals surface area contributed by atoms with Crippen LogP contribution in [0.25, 0.3) is 0 Å². The summed E-state index contributed by atoms with van der Waals surface area (Å²) in [5, 5.41) is 11.4. The van der Waals surface area contributed by atoms with E-state index in [0.717, 1.165) is 0 Å². The number of aryl methyl sites for hydroxylation is 1. The number of nitrogens with one attached hydrogen (secondary N) is 2. The highest BCUT2D eigenvalue weighted by molar-refractivity contribution is 7.89. The number of carbonyl (C=O) groups excluding carboxylic acids is 1. The van der Waals surface area contributed by atoms with E-state index < -0.39 is 27.8 Å². The number of urea groups is 1. The summed E-state index contributed by atoms with van der Waals surface area (Å²) >= 11 is 0. The molecule has 2 rings (SSSR count). The molecule has 2 amide bonds. The highest BCUT2D eigenvalue weighted by Crippen LogP contribution is 2.18. The van der Waals surface area contributed by atoms with Crippen LogP contribution in [0.4, 0.5) is 10.7 Å². The fraction of sp³-hybridized carbons (Fsp3) is 0.250. The van der Waals surface area contributed by atoms with Gasteiger partial charge < -0.3 is 14.6 Å². The standard InChI is InChI=1S/C16H18N4O7S/c1-9-5-4-6-10(13(9)14(21)22)8-28(24,25)20-16(23)19-15-17-11(26-2)7-12(18-15)27-3/h4-7H,8H2,1-3H3,(H,21,22)(H2,17,18,19,20,23). The Hall–Kier alpha value is -3.41. The molecule has 2 aromatic rings. The van der Waals surface area contributed by atoms with Gasteiger partial charge in [0, 0.05) is 0 Å². The molecule has 0 aliphatic carbocycles. The summed E-state index contributed by atoms with van der Waals surface area (Å²) in [5.74, 6) is -2.02. The second-order valence-electron chi connectivity index (χ2n) is 5.51. The smallest absolute Gasteiger partial charge is 0.336 e. The van der Waals surface area contributed by atoms with Crippen molar-refractivity contribution in [2.45, 2.75) is 12.7 Å². The second kappa shape index (κ2) is 8.52. The molecule has 0 spiro atoms. The first kappa shape index (κ1) is 20.9. The van der Waals surface area contributed by atoms with Gasteiger partial charge in [0.25, 0.3) is 0 Å². The molecule has 1 aromatic carbocycles. The number of aromatic carboxylic acids is 1. The number of carboxylic acid groups (broad SMARTS) is 1. The van der Waals surface area contributed by atoms with E-state index in [0.29, 0.717) is 5.56 Å². The molecular weight excluding hydrogens is 392 g/mol. The number of sulfonamides is 1. The quantitative estimate of drug-likeness (QED) is 0.609. The highest BCUT2D eigenvalue weighted by Gasteiger charge is 2.21. The maximum Gasteiger partial charge on any atom is 0.336 e. The van der Waals surface area contributed by atoms with E-state index in [1.807, 2.05) is 0 Å². The average Bonchev–Trinajstić information content (AvgIpc) is 2.59. The van der Waals surface area contributed by atoms with Crippen molar-refractivity contribution in [2.75, 3.05) is 19.5 Å². The van der Waals surface area contributed by atoms with Crippen LogP contribution in [-0.2, 0) is 15.8 Å².